The number of carbonyl (C=O) groups is 1. The monoisotopic (exact) mass is 425 g/mol. The lowest BCUT2D eigenvalue weighted by Gasteiger charge is -2.16. The number of methoxy groups -OCH3 is 1. The molecular formula is C20H24ClNO5S. The van der Waals surface area contributed by atoms with Crippen LogP contribution in [-0.4, -0.2) is 34.3 Å². The molecule has 0 bridgehead atoms. The van der Waals surface area contributed by atoms with Gasteiger partial charge in [-0.05, 0) is 42.7 Å². The van der Waals surface area contributed by atoms with Crippen LogP contribution in [0.25, 0.3) is 0 Å². The Labute approximate surface area is 170 Å². The summed E-state index contributed by atoms with van der Waals surface area (Å²) in [6, 6.07) is 7.60. The second-order valence-corrected chi connectivity index (χ2v) is 9.32. The smallest absolute Gasteiger partial charge is 0.255 e. The molecule has 6 nitrogen and oxygen atoms in total. The standard InChI is InChI=1S/C20H24ClNO5S/c1-12(2)11-27-19-16(21)8-14(9-18(19)26-4)20(23)22-17-10-15(28(5,24)25)7-6-13(17)3/h6-10,12H,11H2,1-5H3,(H,22,23). The van der Waals surface area contributed by atoms with Gasteiger partial charge in [-0.3, -0.25) is 4.79 Å². The Kier molecular flexibility index (Phi) is 6.96. The number of ether oxygens (including phenoxy) is 2. The molecule has 0 radical (unpaired) electrons. The maximum Gasteiger partial charge on any atom is 0.255 e. The molecule has 0 unspecified atom stereocenters. The molecule has 0 fully saturated rings. The quantitative estimate of drug-likeness (QED) is 0.713. The molecular weight excluding hydrogens is 402 g/mol. The molecule has 0 heterocycles. The van der Waals surface area contributed by atoms with Crippen molar-refractivity contribution >= 4 is 33.0 Å². The van der Waals surface area contributed by atoms with E-state index in [9.17, 15) is 13.2 Å². The first kappa shape index (κ1) is 22.0. The molecule has 2 aromatic carbocycles. The SMILES string of the molecule is COc1cc(C(=O)Nc2cc(S(C)(=O)=O)ccc2C)cc(Cl)c1OCC(C)C. The fourth-order valence-electron chi connectivity index (χ4n) is 2.40. The fraction of sp³-hybridized carbons (Fsp3) is 0.350. The maximum atomic E-state index is 12.7. The second-order valence-electron chi connectivity index (χ2n) is 6.90. The number of anilines is 1. The van der Waals surface area contributed by atoms with E-state index >= 15 is 0 Å². The van der Waals surface area contributed by atoms with E-state index in [0.29, 0.717) is 29.7 Å². The highest BCUT2D eigenvalue weighted by Gasteiger charge is 2.18. The lowest BCUT2D eigenvalue weighted by Crippen LogP contribution is -2.14. The van der Waals surface area contributed by atoms with Gasteiger partial charge in [0.1, 0.15) is 0 Å². The Hall–Kier alpha value is -2.25. The van der Waals surface area contributed by atoms with Crippen LogP contribution in [0.2, 0.25) is 5.02 Å². The first-order valence-corrected chi connectivity index (χ1v) is 10.9. The molecule has 2 aromatic rings. The minimum Gasteiger partial charge on any atom is -0.493 e. The summed E-state index contributed by atoms with van der Waals surface area (Å²) in [5, 5.41) is 2.99. The summed E-state index contributed by atoms with van der Waals surface area (Å²) in [6.45, 7) is 6.25. The Morgan fingerprint density at radius 1 is 1.21 bits per heavy atom. The van der Waals surface area contributed by atoms with Crippen LogP contribution in [0.4, 0.5) is 5.69 Å². The van der Waals surface area contributed by atoms with Crippen LogP contribution in [0.5, 0.6) is 11.5 Å². The van der Waals surface area contributed by atoms with Gasteiger partial charge in [-0.2, -0.15) is 0 Å². The molecule has 0 aliphatic rings. The van der Waals surface area contributed by atoms with Crippen molar-refractivity contribution in [1.82, 2.24) is 0 Å². The molecule has 0 saturated carbocycles. The number of aryl methyl sites for hydroxylation is 1. The van der Waals surface area contributed by atoms with Crippen LogP contribution in [-0.2, 0) is 9.84 Å². The van der Waals surface area contributed by atoms with Crippen LogP contribution in [0.3, 0.4) is 0 Å². The first-order valence-electron chi connectivity index (χ1n) is 8.65. The molecule has 28 heavy (non-hydrogen) atoms. The van der Waals surface area contributed by atoms with E-state index in [0.717, 1.165) is 11.8 Å². The van der Waals surface area contributed by atoms with Gasteiger partial charge in [0, 0.05) is 17.5 Å². The van der Waals surface area contributed by atoms with Gasteiger partial charge in [-0.25, -0.2) is 8.42 Å². The van der Waals surface area contributed by atoms with E-state index in [2.05, 4.69) is 5.32 Å². The highest BCUT2D eigenvalue weighted by atomic mass is 35.5. The van der Waals surface area contributed by atoms with Crippen LogP contribution in [0.15, 0.2) is 35.2 Å². The summed E-state index contributed by atoms with van der Waals surface area (Å²) in [6.07, 6.45) is 1.11. The van der Waals surface area contributed by atoms with Crippen molar-refractivity contribution in [1.29, 1.82) is 0 Å². The zero-order valence-corrected chi connectivity index (χ0v) is 18.1. The van der Waals surface area contributed by atoms with Crippen molar-refractivity contribution in [3.05, 3.63) is 46.5 Å². The van der Waals surface area contributed by atoms with Crippen LogP contribution in [0, 0.1) is 12.8 Å². The number of nitrogens with one attached hydrogen (secondary N) is 1. The second kappa shape index (κ2) is 8.84. The Morgan fingerprint density at radius 2 is 1.89 bits per heavy atom. The third kappa shape index (κ3) is 5.39. The normalized spacial score (nSPS) is 11.4. The van der Waals surface area contributed by atoms with E-state index < -0.39 is 15.7 Å². The Morgan fingerprint density at radius 3 is 2.46 bits per heavy atom. The molecule has 2 rings (SSSR count). The average Bonchev–Trinajstić information content (AvgIpc) is 2.60. The molecule has 1 N–H and O–H groups in total. The highest BCUT2D eigenvalue weighted by Crippen LogP contribution is 2.37. The molecule has 0 spiro atoms. The average molecular weight is 426 g/mol. The summed E-state index contributed by atoms with van der Waals surface area (Å²) in [7, 11) is -1.92. The minimum absolute atomic E-state index is 0.126. The molecule has 0 atom stereocenters. The van der Waals surface area contributed by atoms with Gasteiger partial charge in [-0.15, -0.1) is 0 Å². The number of carbonyl (C=O) groups excluding carboxylic acids is 1. The third-order valence-electron chi connectivity index (χ3n) is 3.94. The topological polar surface area (TPSA) is 81.7 Å². The van der Waals surface area contributed by atoms with Gasteiger partial charge in [0.15, 0.2) is 21.3 Å². The van der Waals surface area contributed by atoms with Crippen molar-refractivity contribution in [2.45, 2.75) is 25.7 Å². The van der Waals surface area contributed by atoms with E-state index in [-0.39, 0.29) is 15.5 Å². The number of sulfone groups is 1. The minimum atomic E-state index is -3.39. The van der Waals surface area contributed by atoms with Crippen LogP contribution in [0.1, 0.15) is 29.8 Å². The number of amides is 1. The van der Waals surface area contributed by atoms with Crippen LogP contribution >= 0.6 is 11.6 Å². The van der Waals surface area contributed by atoms with E-state index in [4.69, 9.17) is 21.1 Å². The number of rotatable bonds is 7. The van der Waals surface area contributed by atoms with Crippen LogP contribution < -0.4 is 14.8 Å². The van der Waals surface area contributed by atoms with Crippen molar-refractivity contribution in [3.63, 3.8) is 0 Å². The van der Waals surface area contributed by atoms with Crippen molar-refractivity contribution in [2.24, 2.45) is 5.92 Å². The molecule has 1 amide bonds. The van der Waals surface area contributed by atoms with Gasteiger partial charge < -0.3 is 14.8 Å². The maximum absolute atomic E-state index is 12.7. The summed E-state index contributed by atoms with van der Waals surface area (Å²) in [4.78, 5) is 12.8. The number of hydrogen-bond donors (Lipinski definition) is 1. The summed E-state index contributed by atoms with van der Waals surface area (Å²) in [5.41, 5.74) is 1.40. The van der Waals surface area contributed by atoms with E-state index in [1.165, 1.54) is 31.4 Å². The van der Waals surface area contributed by atoms with Gasteiger partial charge >= 0.3 is 0 Å². The van der Waals surface area contributed by atoms with Gasteiger partial charge in [0.2, 0.25) is 0 Å². The molecule has 0 aliphatic heterocycles. The first-order chi connectivity index (χ1) is 13.0. The van der Waals surface area contributed by atoms with Gasteiger partial charge in [0.05, 0.1) is 23.6 Å². The highest BCUT2D eigenvalue weighted by molar-refractivity contribution is 7.90. The summed E-state index contributed by atoms with van der Waals surface area (Å²) in [5.74, 6) is 0.586. The summed E-state index contributed by atoms with van der Waals surface area (Å²) >= 11 is 6.30. The zero-order chi connectivity index (χ0) is 21.1. The van der Waals surface area contributed by atoms with Gasteiger partial charge in [0.25, 0.3) is 5.91 Å². The Bertz CT molecular complexity index is 986. The molecule has 0 saturated heterocycles. The molecule has 8 heteroatoms. The predicted molar refractivity (Wildman–Crippen MR) is 111 cm³/mol. The Balaban J connectivity index is 2.34. The van der Waals surface area contributed by atoms with Crippen molar-refractivity contribution in [2.75, 3.05) is 25.3 Å². The van der Waals surface area contributed by atoms with Crippen molar-refractivity contribution in [3.8, 4) is 11.5 Å². The largest absolute Gasteiger partial charge is 0.493 e. The van der Waals surface area contributed by atoms with Gasteiger partial charge in [-0.1, -0.05) is 31.5 Å². The lowest BCUT2D eigenvalue weighted by molar-refractivity contribution is 0.102. The summed E-state index contributed by atoms with van der Waals surface area (Å²) < 4.78 is 34.5. The predicted octanol–water partition coefficient (Wildman–Crippen LogP) is 4.35. The molecule has 0 aliphatic carbocycles. The van der Waals surface area contributed by atoms with E-state index in [1.54, 1.807) is 13.0 Å². The number of halogens is 1. The molecule has 0 aromatic heterocycles. The third-order valence-corrected chi connectivity index (χ3v) is 5.33. The zero-order valence-electron chi connectivity index (χ0n) is 16.5. The lowest BCUT2D eigenvalue weighted by atomic mass is 10.1. The van der Waals surface area contributed by atoms with E-state index in [1.807, 2.05) is 13.8 Å². The fourth-order valence-corrected chi connectivity index (χ4v) is 3.31. The van der Waals surface area contributed by atoms with Crippen molar-refractivity contribution < 1.29 is 22.7 Å². The number of hydrogen-bond acceptors (Lipinski definition) is 5. The number of benzene rings is 2. The molecule has 152 valence electrons.